The lowest BCUT2D eigenvalue weighted by molar-refractivity contribution is -0.190. The molecule has 280 valence electrons. The summed E-state index contributed by atoms with van der Waals surface area (Å²) in [6.07, 6.45) is 38.4. The van der Waals surface area contributed by atoms with E-state index in [-0.39, 0.29) is 25.1 Å². The molecule has 0 bridgehead atoms. The molecule has 0 rings (SSSR count). The highest BCUT2D eigenvalue weighted by Crippen LogP contribution is 2.16. The smallest absolute Gasteiger partial charge is 0.308 e. The molecule has 0 spiro atoms. The molecule has 0 aliphatic heterocycles. The molecule has 47 heavy (non-hydrogen) atoms. The average Bonchev–Trinajstić information content (AvgIpc) is 3.04. The van der Waals surface area contributed by atoms with E-state index in [1.807, 2.05) is 11.9 Å². The molecule has 0 saturated carbocycles. The van der Waals surface area contributed by atoms with Gasteiger partial charge in [0.15, 0.2) is 0 Å². The second-order valence-corrected chi connectivity index (χ2v) is 14.3. The van der Waals surface area contributed by atoms with Crippen molar-refractivity contribution in [1.29, 1.82) is 0 Å². The van der Waals surface area contributed by atoms with Gasteiger partial charge in [-0.2, -0.15) is 0 Å². The Kier molecular flexibility index (Phi) is 36.8. The summed E-state index contributed by atoms with van der Waals surface area (Å²) < 4.78 is 11.2. The number of esters is 2. The van der Waals surface area contributed by atoms with Gasteiger partial charge in [-0.05, 0) is 19.9 Å². The molecule has 0 unspecified atom stereocenters. The van der Waals surface area contributed by atoms with Crippen LogP contribution in [0.4, 0.5) is 0 Å². The van der Waals surface area contributed by atoms with Crippen LogP contribution in [0, 0.1) is 0 Å². The maximum absolute atomic E-state index is 12.5. The predicted octanol–water partition coefficient (Wildman–Crippen LogP) is 11.8. The van der Waals surface area contributed by atoms with Crippen molar-refractivity contribution in [3.05, 3.63) is 0 Å². The van der Waals surface area contributed by atoms with E-state index in [0.717, 1.165) is 38.5 Å². The second kappa shape index (κ2) is 37.7. The Balaban J connectivity index is 3.89. The topological polar surface area (TPSA) is 76.1 Å². The SMILES string of the molecule is CCCCCCCCCCCCCCCCCC(=O)OC(CN(C)CCO)OC(=O)CCCCCCCCCCCCCCCCC. The number of unbranched alkanes of at least 4 members (excludes halogenated alkanes) is 28. The van der Waals surface area contributed by atoms with E-state index >= 15 is 0 Å². The first-order valence-electron chi connectivity index (χ1n) is 20.7. The Labute approximate surface area is 292 Å². The highest BCUT2D eigenvalue weighted by Gasteiger charge is 2.20. The second-order valence-electron chi connectivity index (χ2n) is 14.3. The molecule has 0 aliphatic rings. The molecule has 6 nitrogen and oxygen atoms in total. The van der Waals surface area contributed by atoms with E-state index in [0.29, 0.717) is 19.4 Å². The van der Waals surface area contributed by atoms with Crippen LogP contribution in [0.2, 0.25) is 0 Å². The number of hydrogen-bond donors (Lipinski definition) is 1. The number of carbonyl (C=O) groups excluding carboxylic acids is 2. The van der Waals surface area contributed by atoms with Gasteiger partial charge >= 0.3 is 11.9 Å². The zero-order valence-electron chi connectivity index (χ0n) is 31.9. The monoisotopic (exact) mass is 668 g/mol. The van der Waals surface area contributed by atoms with Crippen molar-refractivity contribution in [2.45, 2.75) is 226 Å². The van der Waals surface area contributed by atoms with E-state index in [4.69, 9.17) is 9.47 Å². The molecule has 0 heterocycles. The van der Waals surface area contributed by atoms with Gasteiger partial charge in [0, 0.05) is 19.4 Å². The molecular formula is C41H81NO5. The quantitative estimate of drug-likeness (QED) is 0.0401. The molecule has 0 aliphatic carbocycles. The van der Waals surface area contributed by atoms with Crippen molar-refractivity contribution in [3.8, 4) is 0 Å². The van der Waals surface area contributed by atoms with Gasteiger partial charge in [0.2, 0.25) is 0 Å². The number of likely N-dealkylation sites (N-methyl/N-ethyl adjacent to an activating group) is 1. The summed E-state index contributed by atoms with van der Waals surface area (Å²) in [5.74, 6) is -0.608. The van der Waals surface area contributed by atoms with E-state index in [1.165, 1.54) is 154 Å². The summed E-state index contributed by atoms with van der Waals surface area (Å²) in [6.45, 7) is 5.26. The van der Waals surface area contributed by atoms with Gasteiger partial charge in [-0.25, -0.2) is 0 Å². The first kappa shape index (κ1) is 45.9. The van der Waals surface area contributed by atoms with E-state index < -0.39 is 6.29 Å². The van der Waals surface area contributed by atoms with Crippen LogP contribution in [-0.2, 0) is 19.1 Å². The van der Waals surface area contributed by atoms with Crippen LogP contribution in [0.1, 0.15) is 219 Å². The largest absolute Gasteiger partial charge is 0.424 e. The number of carbonyl (C=O) groups is 2. The Morgan fingerprint density at radius 3 is 0.979 bits per heavy atom. The molecule has 0 radical (unpaired) electrons. The van der Waals surface area contributed by atoms with Gasteiger partial charge in [0.25, 0.3) is 6.29 Å². The minimum absolute atomic E-state index is 0.00334. The molecule has 0 atom stereocenters. The number of aliphatic hydroxyl groups excluding tert-OH is 1. The summed E-state index contributed by atoms with van der Waals surface area (Å²) >= 11 is 0. The van der Waals surface area contributed by atoms with Crippen molar-refractivity contribution in [2.24, 2.45) is 0 Å². The molecular weight excluding hydrogens is 586 g/mol. The fraction of sp³-hybridized carbons (Fsp3) is 0.951. The number of hydrogen-bond acceptors (Lipinski definition) is 6. The fourth-order valence-electron chi connectivity index (χ4n) is 6.31. The summed E-state index contributed by atoms with van der Waals surface area (Å²) in [5, 5.41) is 9.26. The molecule has 0 saturated heterocycles. The fourth-order valence-corrected chi connectivity index (χ4v) is 6.31. The zero-order valence-corrected chi connectivity index (χ0v) is 31.9. The third kappa shape index (κ3) is 36.0. The number of ether oxygens (including phenoxy) is 2. The number of aliphatic hydroxyl groups is 1. The highest BCUT2D eigenvalue weighted by atomic mass is 16.7. The van der Waals surface area contributed by atoms with Crippen molar-refractivity contribution < 1.29 is 24.2 Å². The lowest BCUT2D eigenvalue weighted by atomic mass is 10.0. The van der Waals surface area contributed by atoms with Crippen LogP contribution in [0.15, 0.2) is 0 Å². The predicted molar refractivity (Wildman–Crippen MR) is 200 cm³/mol. The number of nitrogens with zero attached hydrogens (tertiary/aromatic N) is 1. The van der Waals surface area contributed by atoms with Crippen LogP contribution in [0.25, 0.3) is 0 Å². The Morgan fingerprint density at radius 2 is 0.723 bits per heavy atom. The van der Waals surface area contributed by atoms with Crippen molar-refractivity contribution in [2.75, 3.05) is 26.7 Å². The lowest BCUT2D eigenvalue weighted by Gasteiger charge is -2.23. The van der Waals surface area contributed by atoms with Crippen molar-refractivity contribution in [1.82, 2.24) is 4.90 Å². The van der Waals surface area contributed by atoms with Crippen LogP contribution in [0.5, 0.6) is 0 Å². The zero-order chi connectivity index (χ0) is 34.5. The van der Waals surface area contributed by atoms with E-state index in [9.17, 15) is 14.7 Å². The third-order valence-corrected chi connectivity index (χ3v) is 9.44. The molecule has 1 N–H and O–H groups in total. The summed E-state index contributed by atoms with van der Waals surface area (Å²) in [7, 11) is 1.83. The molecule has 0 fully saturated rings. The number of rotatable bonds is 38. The molecule has 6 heteroatoms. The van der Waals surface area contributed by atoms with Crippen LogP contribution < -0.4 is 0 Å². The molecule has 0 aromatic carbocycles. The van der Waals surface area contributed by atoms with Crippen LogP contribution in [0.3, 0.4) is 0 Å². The normalized spacial score (nSPS) is 11.5. The summed E-state index contributed by atoms with van der Waals surface area (Å²) in [6, 6.07) is 0. The van der Waals surface area contributed by atoms with Gasteiger partial charge in [-0.15, -0.1) is 0 Å². The van der Waals surface area contributed by atoms with E-state index in [2.05, 4.69) is 13.8 Å². The molecule has 0 aromatic rings. The maximum Gasteiger partial charge on any atom is 0.308 e. The van der Waals surface area contributed by atoms with Gasteiger partial charge in [0.05, 0.1) is 13.2 Å². The van der Waals surface area contributed by atoms with Gasteiger partial charge in [-0.1, -0.05) is 194 Å². The molecule has 0 aromatic heterocycles. The minimum Gasteiger partial charge on any atom is -0.424 e. The Morgan fingerprint density at radius 1 is 0.468 bits per heavy atom. The maximum atomic E-state index is 12.5. The lowest BCUT2D eigenvalue weighted by Crippen LogP contribution is -2.37. The first-order valence-corrected chi connectivity index (χ1v) is 20.7. The Hall–Kier alpha value is -1.14. The summed E-state index contributed by atoms with van der Waals surface area (Å²) in [5.41, 5.74) is 0. The van der Waals surface area contributed by atoms with Crippen molar-refractivity contribution >= 4 is 11.9 Å². The van der Waals surface area contributed by atoms with Gasteiger partial charge in [-0.3, -0.25) is 14.5 Å². The van der Waals surface area contributed by atoms with E-state index in [1.54, 1.807) is 0 Å². The average molecular weight is 668 g/mol. The van der Waals surface area contributed by atoms with Crippen molar-refractivity contribution in [3.63, 3.8) is 0 Å². The molecule has 0 amide bonds. The third-order valence-electron chi connectivity index (χ3n) is 9.44. The van der Waals surface area contributed by atoms with Gasteiger partial charge in [0.1, 0.15) is 0 Å². The first-order chi connectivity index (χ1) is 23.0. The summed E-state index contributed by atoms with van der Waals surface area (Å²) in [4.78, 5) is 26.9. The Bertz CT molecular complexity index is 610. The van der Waals surface area contributed by atoms with Crippen LogP contribution >= 0.6 is 0 Å². The standard InChI is InChI=1S/C41H81NO5/c1-4-6-8-10-12-14-16-18-20-22-24-26-28-30-32-34-39(44)46-41(38-42(3)36-37-43)47-40(45)35-33-31-29-27-25-23-21-19-17-15-13-11-9-7-5-2/h41,43H,4-38H2,1-3H3. The minimum atomic E-state index is -0.917. The van der Waals surface area contributed by atoms with Crippen LogP contribution in [-0.4, -0.2) is 55.0 Å². The highest BCUT2D eigenvalue weighted by molar-refractivity contribution is 5.71. The van der Waals surface area contributed by atoms with Gasteiger partial charge < -0.3 is 14.6 Å².